The molecule has 1 heteroatoms. The van der Waals surface area contributed by atoms with Crippen LogP contribution in [0.15, 0.2) is 0 Å². The third-order valence-corrected chi connectivity index (χ3v) is 4.37. The van der Waals surface area contributed by atoms with Crippen LogP contribution < -0.4 is 5.32 Å². The monoisotopic (exact) mass is 253 g/mol. The van der Waals surface area contributed by atoms with Crippen LogP contribution in [0.3, 0.4) is 0 Å². The average Bonchev–Trinajstić information content (AvgIpc) is 2.61. The maximum atomic E-state index is 3.79. The number of hydrogen-bond acceptors (Lipinski definition) is 1. The minimum Gasteiger partial charge on any atom is -0.314 e. The molecule has 1 saturated carbocycles. The fraction of sp³-hybridized carbons (Fsp3) is 1.00. The molecule has 0 aromatic heterocycles. The second-order valence-electron chi connectivity index (χ2n) is 6.72. The lowest BCUT2D eigenvalue weighted by Gasteiger charge is -2.24. The van der Waals surface area contributed by atoms with E-state index in [-0.39, 0.29) is 0 Å². The van der Waals surface area contributed by atoms with Crippen LogP contribution in [-0.2, 0) is 0 Å². The third-order valence-electron chi connectivity index (χ3n) is 4.37. The van der Waals surface area contributed by atoms with Crippen LogP contribution in [0.1, 0.15) is 85.0 Å². The van der Waals surface area contributed by atoms with Crippen molar-refractivity contribution in [3.8, 4) is 0 Å². The van der Waals surface area contributed by atoms with Crippen LogP contribution in [0.5, 0.6) is 0 Å². The molecule has 108 valence electrons. The average molecular weight is 253 g/mol. The molecule has 0 amide bonds. The summed E-state index contributed by atoms with van der Waals surface area (Å²) in [5, 5.41) is 3.79. The Morgan fingerprint density at radius 2 is 1.67 bits per heavy atom. The molecule has 0 aromatic rings. The summed E-state index contributed by atoms with van der Waals surface area (Å²) in [6.07, 6.45) is 14.4. The largest absolute Gasteiger partial charge is 0.314 e. The van der Waals surface area contributed by atoms with Gasteiger partial charge in [0.05, 0.1) is 0 Å². The lowest BCUT2D eigenvalue weighted by Crippen LogP contribution is -2.32. The van der Waals surface area contributed by atoms with E-state index in [4.69, 9.17) is 0 Å². The normalized spacial score (nSPS) is 20.0. The van der Waals surface area contributed by atoms with Gasteiger partial charge in [-0.15, -0.1) is 0 Å². The molecule has 0 bridgehead atoms. The summed E-state index contributed by atoms with van der Waals surface area (Å²) < 4.78 is 0. The summed E-state index contributed by atoms with van der Waals surface area (Å²) in [5.41, 5.74) is 0. The molecule has 0 aliphatic heterocycles. The van der Waals surface area contributed by atoms with Crippen LogP contribution in [0.25, 0.3) is 0 Å². The van der Waals surface area contributed by atoms with Crippen molar-refractivity contribution in [2.75, 3.05) is 6.54 Å². The second-order valence-corrected chi connectivity index (χ2v) is 6.72. The Morgan fingerprint density at radius 1 is 1.00 bits per heavy atom. The van der Waals surface area contributed by atoms with E-state index in [1.807, 2.05) is 0 Å². The Morgan fingerprint density at radius 3 is 2.22 bits per heavy atom. The highest BCUT2D eigenvalue weighted by atomic mass is 14.9. The number of nitrogens with one attached hydrogen (secondary N) is 1. The summed E-state index contributed by atoms with van der Waals surface area (Å²) in [6, 6.07) is 0.787. The van der Waals surface area contributed by atoms with Crippen LogP contribution in [0, 0.1) is 11.8 Å². The van der Waals surface area contributed by atoms with Gasteiger partial charge in [-0.1, -0.05) is 59.3 Å². The Bertz CT molecular complexity index is 180. The maximum Gasteiger partial charge on any atom is 0.00697 e. The van der Waals surface area contributed by atoms with Gasteiger partial charge in [-0.2, -0.15) is 0 Å². The first kappa shape index (κ1) is 16.0. The lowest BCUT2D eigenvalue weighted by molar-refractivity contribution is 0.325. The van der Waals surface area contributed by atoms with Gasteiger partial charge in [-0.05, 0) is 44.1 Å². The molecule has 1 aliphatic carbocycles. The zero-order valence-electron chi connectivity index (χ0n) is 13.0. The molecule has 0 saturated heterocycles. The van der Waals surface area contributed by atoms with Crippen LogP contribution in [0.4, 0.5) is 0 Å². The van der Waals surface area contributed by atoms with Gasteiger partial charge >= 0.3 is 0 Å². The molecule has 18 heavy (non-hydrogen) atoms. The van der Waals surface area contributed by atoms with Gasteiger partial charge in [0.2, 0.25) is 0 Å². The Labute approximate surface area is 115 Å². The van der Waals surface area contributed by atoms with Crippen molar-refractivity contribution in [1.82, 2.24) is 5.32 Å². The topological polar surface area (TPSA) is 12.0 Å². The first-order chi connectivity index (χ1) is 8.72. The van der Waals surface area contributed by atoms with Crippen molar-refractivity contribution in [3.63, 3.8) is 0 Å². The summed E-state index contributed by atoms with van der Waals surface area (Å²) >= 11 is 0. The van der Waals surface area contributed by atoms with Crippen LogP contribution >= 0.6 is 0 Å². The van der Waals surface area contributed by atoms with Gasteiger partial charge in [0, 0.05) is 6.04 Å². The smallest absolute Gasteiger partial charge is 0.00697 e. The van der Waals surface area contributed by atoms with Crippen molar-refractivity contribution in [1.29, 1.82) is 0 Å². The van der Waals surface area contributed by atoms with Gasteiger partial charge in [0.25, 0.3) is 0 Å². The maximum absolute atomic E-state index is 3.79. The van der Waals surface area contributed by atoms with Crippen molar-refractivity contribution in [2.45, 2.75) is 91.0 Å². The molecule has 1 fully saturated rings. The van der Waals surface area contributed by atoms with E-state index < -0.39 is 0 Å². The first-order valence-corrected chi connectivity index (χ1v) is 8.45. The minimum atomic E-state index is 0.787. The van der Waals surface area contributed by atoms with Gasteiger partial charge < -0.3 is 5.32 Å². The molecule has 0 aromatic carbocycles. The summed E-state index contributed by atoms with van der Waals surface area (Å²) in [4.78, 5) is 0. The van der Waals surface area contributed by atoms with Crippen LogP contribution in [0.2, 0.25) is 0 Å². The van der Waals surface area contributed by atoms with Gasteiger partial charge in [-0.25, -0.2) is 0 Å². The standard InChI is InChI=1S/C17H35N/c1-4-13-18-17(12-11-15(2)3)14-16-9-7-5-6-8-10-16/h15-18H,4-14H2,1-3H3. The molecular formula is C17H35N. The van der Waals surface area contributed by atoms with E-state index in [0.717, 1.165) is 17.9 Å². The summed E-state index contributed by atoms with van der Waals surface area (Å²) in [7, 11) is 0. The minimum absolute atomic E-state index is 0.787. The molecule has 0 heterocycles. The Hall–Kier alpha value is -0.0400. The molecule has 1 aliphatic rings. The van der Waals surface area contributed by atoms with Crippen molar-refractivity contribution >= 4 is 0 Å². The number of hydrogen-bond donors (Lipinski definition) is 1. The fourth-order valence-electron chi connectivity index (χ4n) is 3.19. The predicted octanol–water partition coefficient (Wildman–Crippen LogP) is 5.15. The predicted molar refractivity (Wildman–Crippen MR) is 82.0 cm³/mol. The van der Waals surface area contributed by atoms with Gasteiger partial charge in [-0.3, -0.25) is 0 Å². The molecule has 1 unspecified atom stereocenters. The van der Waals surface area contributed by atoms with E-state index in [0.29, 0.717) is 0 Å². The zero-order valence-corrected chi connectivity index (χ0v) is 13.0. The Kier molecular flexibility index (Phi) is 8.75. The summed E-state index contributed by atoms with van der Waals surface area (Å²) in [6.45, 7) is 8.18. The molecule has 0 spiro atoms. The molecule has 0 radical (unpaired) electrons. The number of rotatable bonds is 8. The third kappa shape index (κ3) is 7.41. The zero-order chi connectivity index (χ0) is 13.2. The van der Waals surface area contributed by atoms with Crippen molar-refractivity contribution in [2.24, 2.45) is 11.8 Å². The van der Waals surface area contributed by atoms with Gasteiger partial charge in [0.1, 0.15) is 0 Å². The van der Waals surface area contributed by atoms with E-state index in [2.05, 4.69) is 26.1 Å². The first-order valence-electron chi connectivity index (χ1n) is 8.45. The highest BCUT2D eigenvalue weighted by molar-refractivity contribution is 4.74. The highest BCUT2D eigenvalue weighted by Crippen LogP contribution is 2.27. The SMILES string of the molecule is CCCNC(CCC(C)C)CC1CCCCCC1. The molecule has 1 rings (SSSR count). The van der Waals surface area contributed by atoms with Crippen molar-refractivity contribution in [3.05, 3.63) is 0 Å². The van der Waals surface area contributed by atoms with E-state index >= 15 is 0 Å². The van der Waals surface area contributed by atoms with Gasteiger partial charge in [0.15, 0.2) is 0 Å². The molecule has 1 atom stereocenters. The Balaban J connectivity index is 2.32. The van der Waals surface area contributed by atoms with Crippen LogP contribution in [-0.4, -0.2) is 12.6 Å². The summed E-state index contributed by atoms with van der Waals surface area (Å²) in [5.74, 6) is 1.86. The molecule has 1 nitrogen and oxygen atoms in total. The van der Waals surface area contributed by atoms with E-state index in [1.165, 1.54) is 70.8 Å². The second kappa shape index (κ2) is 9.83. The van der Waals surface area contributed by atoms with E-state index in [9.17, 15) is 0 Å². The molecular weight excluding hydrogens is 218 g/mol. The molecule has 1 N–H and O–H groups in total. The van der Waals surface area contributed by atoms with Crippen molar-refractivity contribution < 1.29 is 0 Å². The quantitative estimate of drug-likeness (QED) is 0.590. The lowest BCUT2D eigenvalue weighted by atomic mass is 9.89. The highest BCUT2D eigenvalue weighted by Gasteiger charge is 2.17. The van der Waals surface area contributed by atoms with E-state index in [1.54, 1.807) is 0 Å². The fourth-order valence-corrected chi connectivity index (χ4v) is 3.19.